The summed E-state index contributed by atoms with van der Waals surface area (Å²) in [4.78, 5) is 13.0. The third-order valence-electron chi connectivity index (χ3n) is 6.06. The van der Waals surface area contributed by atoms with Gasteiger partial charge in [0.15, 0.2) is 0 Å². The molecule has 0 heterocycles. The number of carbonyl (C=O) groups is 1. The Labute approximate surface area is 156 Å². The smallest absolute Gasteiger partial charge is 0.243 e. The Bertz CT molecular complexity index is 787. The van der Waals surface area contributed by atoms with E-state index in [2.05, 4.69) is 5.32 Å². The van der Waals surface area contributed by atoms with Crippen molar-refractivity contribution in [3.63, 3.8) is 0 Å². The lowest BCUT2D eigenvalue weighted by Gasteiger charge is -2.27. The fourth-order valence-corrected chi connectivity index (χ4v) is 6.32. The number of amides is 1. The molecule has 2 bridgehead atoms. The van der Waals surface area contributed by atoms with Crippen molar-refractivity contribution in [1.29, 1.82) is 0 Å². The van der Waals surface area contributed by atoms with E-state index in [4.69, 9.17) is 5.73 Å². The Balaban J connectivity index is 1.83. The van der Waals surface area contributed by atoms with Crippen LogP contribution in [0.15, 0.2) is 23.1 Å². The van der Waals surface area contributed by atoms with E-state index in [1.54, 1.807) is 25.1 Å². The van der Waals surface area contributed by atoms with Gasteiger partial charge in [-0.2, -0.15) is 4.31 Å². The molecule has 0 radical (unpaired) electrons. The quantitative estimate of drug-likeness (QED) is 0.793. The molecule has 4 unspecified atom stereocenters. The molecule has 0 aromatic heterocycles. The summed E-state index contributed by atoms with van der Waals surface area (Å²) >= 11 is 0. The highest BCUT2D eigenvalue weighted by Gasteiger charge is 2.49. The maximum atomic E-state index is 12.9. The number of nitrogens with zero attached hydrogens (tertiary/aromatic N) is 1. The molecule has 26 heavy (non-hydrogen) atoms. The summed E-state index contributed by atoms with van der Waals surface area (Å²) in [7, 11) is -3.57. The summed E-state index contributed by atoms with van der Waals surface area (Å²) in [5.41, 5.74) is 7.44. The number of aryl methyl sites for hydroxylation is 1. The van der Waals surface area contributed by atoms with Crippen LogP contribution in [0.2, 0.25) is 0 Å². The molecule has 3 rings (SSSR count). The van der Waals surface area contributed by atoms with Crippen molar-refractivity contribution >= 4 is 21.6 Å². The number of rotatable bonds is 6. The number of anilines is 1. The van der Waals surface area contributed by atoms with Crippen LogP contribution in [0.4, 0.5) is 5.69 Å². The molecule has 144 valence electrons. The van der Waals surface area contributed by atoms with Crippen LogP contribution in [0, 0.1) is 24.7 Å². The van der Waals surface area contributed by atoms with Crippen LogP contribution in [0.5, 0.6) is 0 Å². The third kappa shape index (κ3) is 3.28. The van der Waals surface area contributed by atoms with Crippen molar-refractivity contribution < 1.29 is 13.2 Å². The van der Waals surface area contributed by atoms with Gasteiger partial charge in [0.25, 0.3) is 0 Å². The first kappa shape index (κ1) is 19.3. The number of nitrogens with one attached hydrogen (secondary N) is 1. The SMILES string of the molecule is CCN(CC)S(=O)(=O)c1cc(NC(=O)C2C3CCC(C3)C2N)ccc1C. The van der Waals surface area contributed by atoms with Crippen molar-refractivity contribution in [3.05, 3.63) is 23.8 Å². The zero-order valence-electron chi connectivity index (χ0n) is 15.7. The van der Waals surface area contributed by atoms with E-state index in [-0.39, 0.29) is 22.8 Å². The van der Waals surface area contributed by atoms with Crippen molar-refractivity contribution in [2.75, 3.05) is 18.4 Å². The summed E-state index contributed by atoms with van der Waals surface area (Å²) in [5, 5.41) is 2.91. The average molecular weight is 380 g/mol. The number of hydrogen-bond acceptors (Lipinski definition) is 4. The van der Waals surface area contributed by atoms with Gasteiger partial charge in [-0.3, -0.25) is 4.79 Å². The Kier molecular flexibility index (Phi) is 5.42. The molecule has 2 fully saturated rings. The largest absolute Gasteiger partial charge is 0.327 e. The standard InChI is InChI=1S/C19H29N3O3S/c1-4-22(5-2)26(24,25)16-11-15(9-6-12(16)3)21-19(23)17-13-7-8-14(10-13)18(17)20/h6,9,11,13-14,17-18H,4-5,7-8,10,20H2,1-3H3,(H,21,23). The van der Waals surface area contributed by atoms with Crippen LogP contribution in [-0.4, -0.2) is 37.8 Å². The first-order valence-corrected chi connectivity index (χ1v) is 10.9. The van der Waals surface area contributed by atoms with Crippen LogP contribution >= 0.6 is 0 Å². The lowest BCUT2D eigenvalue weighted by Crippen LogP contribution is -2.42. The first-order chi connectivity index (χ1) is 12.3. The number of carbonyl (C=O) groups excluding carboxylic acids is 1. The lowest BCUT2D eigenvalue weighted by molar-refractivity contribution is -0.121. The maximum absolute atomic E-state index is 12.9. The molecule has 2 aliphatic rings. The highest BCUT2D eigenvalue weighted by Crippen LogP contribution is 2.47. The Hall–Kier alpha value is -1.44. The number of benzene rings is 1. The highest BCUT2D eigenvalue weighted by atomic mass is 32.2. The number of hydrogen-bond donors (Lipinski definition) is 2. The minimum absolute atomic E-state index is 0.0836. The number of nitrogens with two attached hydrogens (primary N) is 1. The minimum Gasteiger partial charge on any atom is -0.327 e. The highest BCUT2D eigenvalue weighted by molar-refractivity contribution is 7.89. The summed E-state index contributed by atoms with van der Waals surface area (Å²) in [6.07, 6.45) is 3.22. The molecule has 1 amide bonds. The van der Waals surface area contributed by atoms with Crippen molar-refractivity contribution in [2.24, 2.45) is 23.5 Å². The Morgan fingerprint density at radius 3 is 2.46 bits per heavy atom. The predicted molar refractivity (Wildman–Crippen MR) is 102 cm³/mol. The molecule has 6 nitrogen and oxygen atoms in total. The van der Waals surface area contributed by atoms with Gasteiger partial charge < -0.3 is 11.1 Å². The molecule has 4 atom stereocenters. The van der Waals surface area contributed by atoms with Crippen molar-refractivity contribution in [3.8, 4) is 0 Å². The van der Waals surface area contributed by atoms with E-state index in [1.165, 1.54) is 4.31 Å². The van der Waals surface area contributed by atoms with Crippen LogP contribution in [0.3, 0.4) is 0 Å². The average Bonchev–Trinajstić information content (AvgIpc) is 3.18. The zero-order chi connectivity index (χ0) is 19.1. The Morgan fingerprint density at radius 2 is 1.88 bits per heavy atom. The summed E-state index contributed by atoms with van der Waals surface area (Å²) in [6, 6.07) is 4.98. The van der Waals surface area contributed by atoms with Gasteiger partial charge in [0.05, 0.1) is 10.8 Å². The van der Waals surface area contributed by atoms with Crippen LogP contribution in [0.25, 0.3) is 0 Å². The zero-order valence-corrected chi connectivity index (χ0v) is 16.6. The van der Waals surface area contributed by atoms with Gasteiger partial charge >= 0.3 is 0 Å². The monoisotopic (exact) mass is 379 g/mol. The fraction of sp³-hybridized carbons (Fsp3) is 0.632. The van der Waals surface area contributed by atoms with E-state index in [0.29, 0.717) is 36.2 Å². The van der Waals surface area contributed by atoms with Gasteiger partial charge in [-0.05, 0) is 55.7 Å². The second-order valence-electron chi connectivity index (χ2n) is 7.50. The summed E-state index contributed by atoms with van der Waals surface area (Å²) in [6.45, 7) is 6.23. The molecule has 1 aromatic rings. The lowest BCUT2D eigenvalue weighted by atomic mass is 9.84. The molecule has 1 aromatic carbocycles. The maximum Gasteiger partial charge on any atom is 0.243 e. The van der Waals surface area contributed by atoms with Crippen molar-refractivity contribution in [1.82, 2.24) is 4.31 Å². The summed E-state index contributed by atoms with van der Waals surface area (Å²) < 4.78 is 27.1. The second kappa shape index (κ2) is 7.29. The molecular formula is C19H29N3O3S. The normalized spacial score (nSPS) is 27.9. The van der Waals surface area contributed by atoms with E-state index in [9.17, 15) is 13.2 Å². The third-order valence-corrected chi connectivity index (χ3v) is 8.25. The van der Waals surface area contributed by atoms with E-state index in [1.807, 2.05) is 13.8 Å². The molecular weight excluding hydrogens is 350 g/mol. The molecule has 0 saturated heterocycles. The second-order valence-corrected chi connectivity index (χ2v) is 9.40. The Morgan fingerprint density at radius 1 is 1.23 bits per heavy atom. The topological polar surface area (TPSA) is 92.5 Å². The van der Waals surface area contributed by atoms with Gasteiger partial charge in [0.2, 0.25) is 15.9 Å². The molecule has 2 aliphatic carbocycles. The summed E-state index contributed by atoms with van der Waals surface area (Å²) in [5.74, 6) is 0.560. The van der Waals surface area contributed by atoms with Crippen LogP contribution in [-0.2, 0) is 14.8 Å². The molecule has 2 saturated carbocycles. The molecule has 0 spiro atoms. The predicted octanol–water partition coefficient (Wildman–Crippen LogP) is 2.34. The molecule has 7 heteroatoms. The van der Waals surface area contributed by atoms with Crippen molar-refractivity contribution in [2.45, 2.75) is 51.0 Å². The van der Waals surface area contributed by atoms with Gasteiger partial charge in [-0.15, -0.1) is 0 Å². The van der Waals surface area contributed by atoms with Gasteiger partial charge in [0.1, 0.15) is 0 Å². The minimum atomic E-state index is -3.57. The van der Waals surface area contributed by atoms with Crippen LogP contribution < -0.4 is 11.1 Å². The fourth-order valence-electron chi connectivity index (χ4n) is 4.61. The van der Waals surface area contributed by atoms with E-state index >= 15 is 0 Å². The van der Waals surface area contributed by atoms with E-state index in [0.717, 1.165) is 19.3 Å². The van der Waals surface area contributed by atoms with Gasteiger partial charge in [0, 0.05) is 24.8 Å². The van der Waals surface area contributed by atoms with Crippen LogP contribution in [0.1, 0.15) is 38.7 Å². The van der Waals surface area contributed by atoms with Gasteiger partial charge in [-0.1, -0.05) is 19.9 Å². The number of fused-ring (bicyclic) bond motifs is 2. The number of sulfonamides is 1. The first-order valence-electron chi connectivity index (χ1n) is 9.46. The van der Waals surface area contributed by atoms with Gasteiger partial charge in [-0.25, -0.2) is 8.42 Å². The molecule has 3 N–H and O–H groups in total. The molecule has 0 aliphatic heterocycles. The van der Waals surface area contributed by atoms with E-state index < -0.39 is 10.0 Å².